The average Bonchev–Trinajstić information content (AvgIpc) is 2.75. The molecule has 0 spiro atoms. The Kier molecular flexibility index (Phi) is 4.35. The van der Waals surface area contributed by atoms with E-state index in [-0.39, 0.29) is 12.2 Å². The summed E-state index contributed by atoms with van der Waals surface area (Å²) >= 11 is 1.79. The summed E-state index contributed by atoms with van der Waals surface area (Å²) in [5.41, 5.74) is 0. The van der Waals surface area contributed by atoms with Gasteiger partial charge in [0.1, 0.15) is 0 Å². The fourth-order valence-corrected chi connectivity index (χ4v) is 2.80. The van der Waals surface area contributed by atoms with Crippen LogP contribution in [0.3, 0.4) is 0 Å². The molecule has 0 bridgehead atoms. The monoisotopic (exact) mass is 241 g/mol. The number of nitrogens with one attached hydrogen (secondary N) is 1. The van der Waals surface area contributed by atoms with Crippen molar-refractivity contribution in [1.29, 1.82) is 0 Å². The molecule has 0 radical (unpaired) electrons. The van der Waals surface area contributed by atoms with Gasteiger partial charge < -0.3 is 14.8 Å². The van der Waals surface area contributed by atoms with Gasteiger partial charge in [-0.15, -0.1) is 11.3 Å². The lowest BCUT2D eigenvalue weighted by Crippen LogP contribution is -2.59. The van der Waals surface area contributed by atoms with Gasteiger partial charge in [0.2, 0.25) is 0 Å². The molecular weight excluding hydrogens is 222 g/mol. The van der Waals surface area contributed by atoms with Gasteiger partial charge in [-0.25, -0.2) is 0 Å². The third kappa shape index (κ3) is 2.63. The number of thiophene rings is 1. The second kappa shape index (κ2) is 5.77. The first-order valence-corrected chi connectivity index (χ1v) is 6.57. The molecule has 3 atom stereocenters. The minimum Gasteiger partial charge on any atom is -0.377 e. The van der Waals surface area contributed by atoms with Crippen molar-refractivity contribution in [2.24, 2.45) is 0 Å². The van der Waals surface area contributed by atoms with E-state index in [1.807, 2.05) is 7.05 Å². The number of likely N-dealkylation sites (N-methyl/N-ethyl adjacent to an activating group) is 1. The zero-order chi connectivity index (χ0) is 11.4. The van der Waals surface area contributed by atoms with Crippen LogP contribution in [-0.4, -0.2) is 39.0 Å². The van der Waals surface area contributed by atoms with Crippen LogP contribution in [0, 0.1) is 0 Å². The Bertz CT molecular complexity index is 302. The molecule has 0 aromatic carbocycles. The molecule has 1 aliphatic carbocycles. The average molecular weight is 241 g/mol. The zero-order valence-electron chi connectivity index (χ0n) is 9.81. The maximum atomic E-state index is 5.83. The van der Waals surface area contributed by atoms with Gasteiger partial charge in [-0.2, -0.15) is 0 Å². The van der Waals surface area contributed by atoms with Gasteiger partial charge >= 0.3 is 0 Å². The van der Waals surface area contributed by atoms with Crippen LogP contribution >= 0.6 is 11.3 Å². The summed E-state index contributed by atoms with van der Waals surface area (Å²) in [4.78, 5) is 1.39. The minimum absolute atomic E-state index is 0.216. The Labute approximate surface area is 101 Å². The maximum Gasteiger partial charge on any atom is 0.0986 e. The van der Waals surface area contributed by atoms with Gasteiger partial charge in [0.15, 0.2) is 0 Å². The van der Waals surface area contributed by atoms with Crippen molar-refractivity contribution in [3.05, 3.63) is 22.4 Å². The van der Waals surface area contributed by atoms with Crippen molar-refractivity contribution < 1.29 is 9.47 Å². The van der Waals surface area contributed by atoms with Gasteiger partial charge in [-0.3, -0.25) is 0 Å². The molecule has 16 heavy (non-hydrogen) atoms. The number of hydrogen-bond acceptors (Lipinski definition) is 4. The van der Waals surface area contributed by atoms with Gasteiger partial charge in [0, 0.05) is 24.4 Å². The zero-order valence-corrected chi connectivity index (χ0v) is 10.6. The largest absolute Gasteiger partial charge is 0.377 e. The van der Waals surface area contributed by atoms with Crippen LogP contribution in [0.1, 0.15) is 11.3 Å². The summed E-state index contributed by atoms with van der Waals surface area (Å²) in [6, 6.07) is 4.69. The Hall–Kier alpha value is -0.420. The second-order valence-corrected chi connectivity index (χ2v) is 5.10. The molecule has 1 aromatic heterocycles. The maximum absolute atomic E-state index is 5.83. The summed E-state index contributed by atoms with van der Waals surface area (Å²) < 4.78 is 11.2. The van der Waals surface area contributed by atoms with Gasteiger partial charge in [0.05, 0.1) is 18.8 Å². The molecule has 1 aliphatic rings. The third-order valence-corrected chi connectivity index (χ3v) is 4.09. The van der Waals surface area contributed by atoms with Gasteiger partial charge in [-0.05, 0) is 24.9 Å². The number of hydrogen-bond donors (Lipinski definition) is 1. The number of ether oxygens (including phenoxy) is 2. The van der Waals surface area contributed by atoms with E-state index in [9.17, 15) is 0 Å². The van der Waals surface area contributed by atoms with Crippen LogP contribution < -0.4 is 5.32 Å². The molecule has 3 nitrogen and oxygen atoms in total. The topological polar surface area (TPSA) is 30.5 Å². The highest BCUT2D eigenvalue weighted by molar-refractivity contribution is 7.09. The van der Waals surface area contributed by atoms with Crippen LogP contribution in [0.5, 0.6) is 0 Å². The van der Waals surface area contributed by atoms with E-state index in [0.717, 1.165) is 19.4 Å². The molecular formula is C12H19NO2S. The molecule has 0 saturated heterocycles. The first kappa shape index (κ1) is 12.0. The summed E-state index contributed by atoms with van der Waals surface area (Å²) in [5, 5.41) is 5.34. The molecule has 90 valence electrons. The molecule has 0 aliphatic heterocycles. The van der Waals surface area contributed by atoms with Crippen molar-refractivity contribution in [3.63, 3.8) is 0 Å². The molecule has 1 fully saturated rings. The molecule has 1 aromatic rings. The summed E-state index contributed by atoms with van der Waals surface area (Å²) in [6.45, 7) is 0.793. The predicted molar refractivity (Wildman–Crippen MR) is 66.0 cm³/mol. The van der Waals surface area contributed by atoms with E-state index in [2.05, 4.69) is 22.8 Å². The highest BCUT2D eigenvalue weighted by Gasteiger charge is 2.41. The highest BCUT2D eigenvalue weighted by atomic mass is 32.1. The normalized spacial score (nSPS) is 29.0. The highest BCUT2D eigenvalue weighted by Crippen LogP contribution is 2.26. The van der Waals surface area contributed by atoms with Crippen molar-refractivity contribution in [3.8, 4) is 0 Å². The fourth-order valence-electron chi connectivity index (χ4n) is 2.11. The van der Waals surface area contributed by atoms with E-state index >= 15 is 0 Å². The lowest BCUT2D eigenvalue weighted by Gasteiger charge is -2.43. The lowest BCUT2D eigenvalue weighted by atomic mass is 9.85. The summed E-state index contributed by atoms with van der Waals surface area (Å²) in [6.07, 6.45) is 2.55. The molecule has 4 heteroatoms. The van der Waals surface area contributed by atoms with Crippen molar-refractivity contribution >= 4 is 11.3 Å². The Morgan fingerprint density at radius 2 is 2.44 bits per heavy atom. The molecule has 2 rings (SSSR count). The molecule has 1 N–H and O–H groups in total. The predicted octanol–water partition coefficient (Wildman–Crippen LogP) is 1.68. The smallest absolute Gasteiger partial charge is 0.0986 e. The van der Waals surface area contributed by atoms with Crippen LogP contribution in [0.2, 0.25) is 0 Å². The van der Waals surface area contributed by atoms with Crippen LogP contribution in [0.25, 0.3) is 0 Å². The van der Waals surface area contributed by atoms with E-state index in [4.69, 9.17) is 9.47 Å². The molecule has 1 saturated carbocycles. The van der Waals surface area contributed by atoms with E-state index in [0.29, 0.717) is 6.04 Å². The third-order valence-electron chi connectivity index (χ3n) is 3.15. The quantitative estimate of drug-likeness (QED) is 0.822. The lowest BCUT2D eigenvalue weighted by molar-refractivity contribution is -0.131. The first-order chi connectivity index (χ1) is 7.85. The first-order valence-electron chi connectivity index (χ1n) is 5.69. The van der Waals surface area contributed by atoms with Gasteiger partial charge in [0.25, 0.3) is 0 Å². The molecule has 3 unspecified atom stereocenters. The van der Waals surface area contributed by atoms with Crippen molar-refractivity contribution in [2.45, 2.75) is 31.1 Å². The summed E-state index contributed by atoms with van der Waals surface area (Å²) in [5.74, 6) is 0. The summed E-state index contributed by atoms with van der Waals surface area (Å²) in [7, 11) is 3.72. The van der Waals surface area contributed by atoms with Crippen LogP contribution in [0.4, 0.5) is 0 Å². The van der Waals surface area contributed by atoms with Gasteiger partial charge in [-0.1, -0.05) is 6.07 Å². The van der Waals surface area contributed by atoms with Crippen LogP contribution in [-0.2, 0) is 15.9 Å². The van der Waals surface area contributed by atoms with Crippen molar-refractivity contribution in [1.82, 2.24) is 5.32 Å². The van der Waals surface area contributed by atoms with Crippen LogP contribution in [0.15, 0.2) is 17.5 Å². The SMILES string of the molecule is CNC1CC(OCCc2cccs2)C1OC. The van der Waals surface area contributed by atoms with E-state index in [1.54, 1.807) is 18.4 Å². The Morgan fingerprint density at radius 1 is 1.56 bits per heavy atom. The second-order valence-electron chi connectivity index (χ2n) is 4.07. The molecule has 0 amide bonds. The van der Waals surface area contributed by atoms with Crippen molar-refractivity contribution in [2.75, 3.05) is 20.8 Å². The number of rotatable bonds is 6. The fraction of sp³-hybridized carbons (Fsp3) is 0.667. The Balaban J connectivity index is 1.67. The van der Waals surface area contributed by atoms with E-state index < -0.39 is 0 Å². The number of methoxy groups -OCH3 is 1. The Morgan fingerprint density at radius 3 is 3.06 bits per heavy atom. The van der Waals surface area contributed by atoms with E-state index in [1.165, 1.54) is 4.88 Å². The minimum atomic E-state index is 0.216. The standard InChI is InChI=1S/C12H19NO2S/c1-13-10-8-11(12(10)14-2)15-6-5-9-4-3-7-16-9/h3-4,7,10-13H,5-6,8H2,1-2H3. The molecule has 1 heterocycles.